The SMILES string of the molecule is CN(CCS(C)(=O)=O)C(=O)c1cc(Cl)ccn1. The lowest BCUT2D eigenvalue weighted by Gasteiger charge is -2.15. The van der Waals surface area contributed by atoms with Crippen LogP contribution in [0.1, 0.15) is 10.5 Å². The Morgan fingerprint density at radius 1 is 1.53 bits per heavy atom. The van der Waals surface area contributed by atoms with Crippen LogP contribution in [0, 0.1) is 0 Å². The van der Waals surface area contributed by atoms with E-state index in [4.69, 9.17) is 11.6 Å². The second-order valence-electron chi connectivity index (χ2n) is 3.72. The van der Waals surface area contributed by atoms with Gasteiger partial charge in [0.25, 0.3) is 5.91 Å². The predicted octanol–water partition coefficient (Wildman–Crippen LogP) is 0.852. The highest BCUT2D eigenvalue weighted by Crippen LogP contribution is 2.09. The number of carbonyl (C=O) groups excluding carboxylic acids is 1. The summed E-state index contributed by atoms with van der Waals surface area (Å²) in [5.74, 6) is -0.424. The van der Waals surface area contributed by atoms with Gasteiger partial charge in [-0.3, -0.25) is 9.78 Å². The number of carbonyl (C=O) groups is 1. The van der Waals surface area contributed by atoms with Gasteiger partial charge in [-0.15, -0.1) is 0 Å². The number of halogens is 1. The molecule has 7 heteroatoms. The molecule has 0 spiro atoms. The largest absolute Gasteiger partial charge is 0.339 e. The van der Waals surface area contributed by atoms with Crippen LogP contribution < -0.4 is 0 Å². The minimum Gasteiger partial charge on any atom is -0.339 e. The lowest BCUT2D eigenvalue weighted by atomic mass is 10.3. The van der Waals surface area contributed by atoms with E-state index in [1.165, 1.54) is 24.2 Å². The van der Waals surface area contributed by atoms with Crippen LogP contribution in [0.25, 0.3) is 0 Å². The fourth-order valence-electron chi connectivity index (χ4n) is 1.12. The maximum atomic E-state index is 11.8. The standard InChI is InChI=1S/C10H13ClN2O3S/c1-13(5-6-17(2,15)16)10(14)9-7-8(11)3-4-12-9/h3-4,7H,5-6H2,1-2H3. The van der Waals surface area contributed by atoms with Crippen molar-refractivity contribution in [2.24, 2.45) is 0 Å². The molecule has 0 saturated heterocycles. The van der Waals surface area contributed by atoms with Crippen molar-refractivity contribution in [3.05, 3.63) is 29.0 Å². The van der Waals surface area contributed by atoms with Gasteiger partial charge in [0.05, 0.1) is 5.75 Å². The molecular formula is C10H13ClN2O3S. The Kier molecular flexibility index (Phi) is 4.47. The first kappa shape index (κ1) is 13.9. The molecule has 0 aliphatic rings. The van der Waals surface area contributed by atoms with Crippen LogP contribution in [-0.2, 0) is 9.84 Å². The Morgan fingerprint density at radius 3 is 2.71 bits per heavy atom. The number of rotatable bonds is 4. The van der Waals surface area contributed by atoms with Crippen LogP contribution in [0.2, 0.25) is 5.02 Å². The molecule has 0 aliphatic heterocycles. The molecule has 0 N–H and O–H groups in total. The molecule has 17 heavy (non-hydrogen) atoms. The van der Waals surface area contributed by atoms with E-state index in [1.807, 2.05) is 0 Å². The molecule has 0 aliphatic carbocycles. The van der Waals surface area contributed by atoms with E-state index in [-0.39, 0.29) is 23.9 Å². The molecule has 0 bridgehead atoms. The molecule has 1 aromatic rings. The molecule has 0 saturated carbocycles. The summed E-state index contributed by atoms with van der Waals surface area (Å²) in [6.45, 7) is 0.131. The summed E-state index contributed by atoms with van der Waals surface area (Å²) in [4.78, 5) is 17.0. The average Bonchev–Trinajstić information content (AvgIpc) is 2.24. The fraction of sp³-hybridized carbons (Fsp3) is 0.400. The lowest BCUT2D eigenvalue weighted by Crippen LogP contribution is -2.31. The van der Waals surface area contributed by atoms with E-state index in [9.17, 15) is 13.2 Å². The van der Waals surface area contributed by atoms with Crippen molar-refractivity contribution in [3.8, 4) is 0 Å². The summed E-state index contributed by atoms with van der Waals surface area (Å²) < 4.78 is 21.9. The van der Waals surface area contributed by atoms with E-state index in [2.05, 4.69) is 4.98 Å². The highest BCUT2D eigenvalue weighted by molar-refractivity contribution is 7.90. The molecule has 0 aromatic carbocycles. The summed E-state index contributed by atoms with van der Waals surface area (Å²) >= 11 is 5.74. The molecule has 0 fully saturated rings. The van der Waals surface area contributed by atoms with Crippen LogP contribution in [0.5, 0.6) is 0 Å². The maximum absolute atomic E-state index is 11.8. The third-order valence-corrected chi connectivity index (χ3v) is 3.24. The normalized spacial score (nSPS) is 11.2. The molecule has 1 amide bonds. The second-order valence-corrected chi connectivity index (χ2v) is 6.41. The van der Waals surface area contributed by atoms with Crippen molar-refractivity contribution in [1.82, 2.24) is 9.88 Å². The average molecular weight is 277 g/mol. The van der Waals surface area contributed by atoms with Crippen molar-refractivity contribution in [2.45, 2.75) is 0 Å². The first-order valence-electron chi connectivity index (χ1n) is 4.84. The quantitative estimate of drug-likeness (QED) is 0.818. The van der Waals surface area contributed by atoms with Crippen molar-refractivity contribution in [3.63, 3.8) is 0 Å². The molecular weight excluding hydrogens is 264 g/mol. The summed E-state index contributed by atoms with van der Waals surface area (Å²) in [6, 6.07) is 3.01. The van der Waals surface area contributed by atoms with Crippen LogP contribution in [-0.4, -0.2) is 49.8 Å². The number of amides is 1. The topological polar surface area (TPSA) is 67.3 Å². The van der Waals surface area contributed by atoms with E-state index in [0.717, 1.165) is 6.26 Å². The Hall–Kier alpha value is -1.14. The van der Waals surface area contributed by atoms with Crippen molar-refractivity contribution in [1.29, 1.82) is 0 Å². The fourth-order valence-corrected chi connectivity index (χ4v) is 1.89. The first-order valence-corrected chi connectivity index (χ1v) is 7.28. The molecule has 0 radical (unpaired) electrons. The number of hydrogen-bond donors (Lipinski definition) is 0. The number of hydrogen-bond acceptors (Lipinski definition) is 4. The van der Waals surface area contributed by atoms with Crippen LogP contribution >= 0.6 is 11.6 Å². The van der Waals surface area contributed by atoms with Gasteiger partial charge in [0.2, 0.25) is 0 Å². The smallest absolute Gasteiger partial charge is 0.272 e. The van der Waals surface area contributed by atoms with Gasteiger partial charge in [-0.2, -0.15) is 0 Å². The van der Waals surface area contributed by atoms with E-state index >= 15 is 0 Å². The molecule has 0 atom stereocenters. The van der Waals surface area contributed by atoms with Crippen molar-refractivity contribution >= 4 is 27.3 Å². The monoisotopic (exact) mass is 276 g/mol. The Balaban J connectivity index is 2.70. The summed E-state index contributed by atoms with van der Waals surface area (Å²) in [7, 11) is -1.56. The van der Waals surface area contributed by atoms with Gasteiger partial charge in [0, 0.05) is 31.1 Å². The van der Waals surface area contributed by atoms with Gasteiger partial charge in [-0.1, -0.05) is 11.6 Å². The zero-order valence-corrected chi connectivity index (χ0v) is 11.1. The maximum Gasteiger partial charge on any atom is 0.272 e. The molecule has 5 nitrogen and oxygen atoms in total. The molecule has 1 heterocycles. The predicted molar refractivity (Wildman–Crippen MR) is 65.9 cm³/mol. The van der Waals surface area contributed by atoms with Gasteiger partial charge in [-0.05, 0) is 12.1 Å². The molecule has 1 aromatic heterocycles. The van der Waals surface area contributed by atoms with Crippen LogP contribution in [0.3, 0.4) is 0 Å². The van der Waals surface area contributed by atoms with Crippen LogP contribution in [0.15, 0.2) is 18.3 Å². The number of sulfone groups is 1. The van der Waals surface area contributed by atoms with Crippen molar-refractivity contribution in [2.75, 3.05) is 25.6 Å². The Morgan fingerprint density at radius 2 is 2.18 bits per heavy atom. The van der Waals surface area contributed by atoms with Gasteiger partial charge in [0.15, 0.2) is 0 Å². The van der Waals surface area contributed by atoms with E-state index in [1.54, 1.807) is 6.07 Å². The Bertz CT molecular complexity index is 516. The third-order valence-electron chi connectivity index (χ3n) is 2.09. The minimum absolute atomic E-state index is 0.0736. The number of aromatic nitrogens is 1. The van der Waals surface area contributed by atoms with Gasteiger partial charge in [0.1, 0.15) is 15.5 Å². The van der Waals surface area contributed by atoms with E-state index < -0.39 is 9.84 Å². The summed E-state index contributed by atoms with van der Waals surface area (Å²) in [5.41, 5.74) is 0.202. The molecule has 1 rings (SSSR count). The third kappa shape index (κ3) is 4.70. The molecule has 94 valence electrons. The number of nitrogens with zero attached hydrogens (tertiary/aromatic N) is 2. The molecule has 0 unspecified atom stereocenters. The van der Waals surface area contributed by atoms with Gasteiger partial charge < -0.3 is 4.90 Å². The summed E-state index contributed by atoms with van der Waals surface area (Å²) in [5, 5.41) is 0.417. The minimum atomic E-state index is -3.08. The van der Waals surface area contributed by atoms with E-state index in [0.29, 0.717) is 5.02 Å². The zero-order valence-electron chi connectivity index (χ0n) is 9.55. The lowest BCUT2D eigenvalue weighted by molar-refractivity contribution is 0.0797. The zero-order chi connectivity index (χ0) is 13.1. The Labute approximate surface area is 105 Å². The first-order chi connectivity index (χ1) is 7.79. The summed E-state index contributed by atoms with van der Waals surface area (Å²) in [6.07, 6.45) is 2.56. The van der Waals surface area contributed by atoms with Crippen LogP contribution in [0.4, 0.5) is 0 Å². The van der Waals surface area contributed by atoms with Gasteiger partial charge >= 0.3 is 0 Å². The highest BCUT2D eigenvalue weighted by Gasteiger charge is 2.14. The second kappa shape index (κ2) is 5.46. The number of pyridine rings is 1. The van der Waals surface area contributed by atoms with Gasteiger partial charge in [-0.25, -0.2) is 8.42 Å². The highest BCUT2D eigenvalue weighted by atomic mass is 35.5. The van der Waals surface area contributed by atoms with Crippen molar-refractivity contribution < 1.29 is 13.2 Å².